The number of amides is 1. The van der Waals surface area contributed by atoms with Crippen molar-refractivity contribution in [2.75, 3.05) is 11.9 Å². The predicted molar refractivity (Wildman–Crippen MR) is 161 cm³/mol. The fourth-order valence-electron chi connectivity index (χ4n) is 4.66. The number of aliphatic hydroxyl groups excluding tert-OH is 1. The number of fused-ring (bicyclic) bond motifs is 1. The lowest BCUT2D eigenvalue weighted by atomic mass is 10.0. The molecule has 1 amide bonds. The fourth-order valence-corrected chi connectivity index (χ4v) is 5.77. The number of aromatic nitrogens is 1. The van der Waals surface area contributed by atoms with Gasteiger partial charge >= 0.3 is 0 Å². The van der Waals surface area contributed by atoms with Crippen LogP contribution in [0.25, 0.3) is 10.9 Å². The van der Waals surface area contributed by atoms with Crippen LogP contribution in [0.4, 0.5) is 5.69 Å². The van der Waals surface area contributed by atoms with Gasteiger partial charge in [0.25, 0.3) is 16.0 Å². The SMILES string of the molecule is Cc1ccc(S(=O)(=O)OCC(O)C(c2ccccc2)n2ccc3cc(NC(=O)c4ccc(C)c(Cl)c4)ccc32)cc1. The molecular weight excluding hydrogens is 560 g/mol. The molecule has 41 heavy (non-hydrogen) atoms. The molecule has 0 spiro atoms. The number of carbonyl (C=O) groups is 1. The summed E-state index contributed by atoms with van der Waals surface area (Å²) in [5, 5.41) is 15.6. The van der Waals surface area contributed by atoms with E-state index in [2.05, 4.69) is 5.32 Å². The third-order valence-electron chi connectivity index (χ3n) is 6.92. The maximum atomic E-state index is 12.8. The number of anilines is 1. The second-order valence-corrected chi connectivity index (χ2v) is 11.9. The zero-order chi connectivity index (χ0) is 29.1. The maximum Gasteiger partial charge on any atom is 0.297 e. The van der Waals surface area contributed by atoms with Gasteiger partial charge < -0.3 is 15.0 Å². The Bertz CT molecular complexity index is 1800. The summed E-state index contributed by atoms with van der Waals surface area (Å²) < 4.78 is 32.8. The van der Waals surface area contributed by atoms with Crippen LogP contribution in [0.15, 0.2) is 108 Å². The Morgan fingerprint density at radius 3 is 2.39 bits per heavy atom. The van der Waals surface area contributed by atoms with E-state index in [0.29, 0.717) is 16.3 Å². The van der Waals surface area contributed by atoms with E-state index < -0.39 is 28.9 Å². The summed E-state index contributed by atoms with van der Waals surface area (Å²) >= 11 is 6.19. The van der Waals surface area contributed by atoms with Crippen molar-refractivity contribution in [3.63, 3.8) is 0 Å². The molecule has 1 heterocycles. The highest BCUT2D eigenvalue weighted by Crippen LogP contribution is 2.30. The zero-order valence-electron chi connectivity index (χ0n) is 22.5. The Kier molecular flexibility index (Phi) is 8.28. The Morgan fingerprint density at radius 1 is 0.951 bits per heavy atom. The second kappa shape index (κ2) is 11.9. The summed E-state index contributed by atoms with van der Waals surface area (Å²) in [5.74, 6) is -0.282. The van der Waals surface area contributed by atoms with Gasteiger partial charge in [-0.15, -0.1) is 0 Å². The molecule has 0 bridgehead atoms. The van der Waals surface area contributed by atoms with Gasteiger partial charge in [0.2, 0.25) is 0 Å². The van der Waals surface area contributed by atoms with Crippen molar-refractivity contribution in [2.24, 2.45) is 0 Å². The number of benzene rings is 4. The molecular formula is C32H29ClN2O5S. The number of aliphatic hydroxyl groups is 1. The molecule has 9 heteroatoms. The Morgan fingerprint density at radius 2 is 1.68 bits per heavy atom. The number of nitrogens with zero attached hydrogens (tertiary/aromatic N) is 1. The minimum atomic E-state index is -4.06. The number of carbonyl (C=O) groups excluding carboxylic acids is 1. The van der Waals surface area contributed by atoms with Crippen LogP contribution in [0.1, 0.15) is 33.1 Å². The Hall–Kier alpha value is -3.95. The molecule has 2 atom stereocenters. The number of nitrogens with one attached hydrogen (secondary N) is 1. The van der Waals surface area contributed by atoms with Crippen molar-refractivity contribution in [3.05, 3.63) is 131 Å². The molecule has 2 unspecified atom stereocenters. The van der Waals surface area contributed by atoms with Crippen molar-refractivity contribution < 1.29 is 22.5 Å². The van der Waals surface area contributed by atoms with Gasteiger partial charge in [-0.1, -0.05) is 65.7 Å². The van der Waals surface area contributed by atoms with Gasteiger partial charge in [-0.05, 0) is 73.5 Å². The molecule has 5 aromatic rings. The summed E-state index contributed by atoms with van der Waals surface area (Å²) in [6.07, 6.45) is 0.629. The Labute approximate surface area is 244 Å². The summed E-state index contributed by atoms with van der Waals surface area (Å²) in [6, 6.07) is 27.5. The lowest BCUT2D eigenvalue weighted by Gasteiger charge is -2.26. The topological polar surface area (TPSA) is 97.6 Å². The van der Waals surface area contributed by atoms with E-state index in [9.17, 15) is 18.3 Å². The van der Waals surface area contributed by atoms with Gasteiger partial charge in [-0.3, -0.25) is 8.98 Å². The molecule has 2 N–H and O–H groups in total. The number of hydrogen-bond acceptors (Lipinski definition) is 5. The van der Waals surface area contributed by atoms with Crippen LogP contribution in [0.2, 0.25) is 5.02 Å². The first-order valence-corrected chi connectivity index (χ1v) is 14.8. The van der Waals surface area contributed by atoms with Gasteiger partial charge in [-0.2, -0.15) is 8.42 Å². The smallest absolute Gasteiger partial charge is 0.297 e. The molecule has 0 aliphatic heterocycles. The van der Waals surface area contributed by atoms with Crippen LogP contribution in [0, 0.1) is 13.8 Å². The van der Waals surface area contributed by atoms with Crippen LogP contribution < -0.4 is 5.32 Å². The average molecular weight is 589 g/mol. The number of hydrogen-bond donors (Lipinski definition) is 2. The molecule has 7 nitrogen and oxygen atoms in total. The summed E-state index contributed by atoms with van der Waals surface area (Å²) in [4.78, 5) is 12.8. The first-order chi connectivity index (χ1) is 19.6. The number of halogens is 1. The van der Waals surface area contributed by atoms with Crippen molar-refractivity contribution in [1.29, 1.82) is 0 Å². The van der Waals surface area contributed by atoms with Gasteiger partial charge in [0.1, 0.15) is 6.10 Å². The highest BCUT2D eigenvalue weighted by atomic mass is 35.5. The molecule has 0 aliphatic rings. The lowest BCUT2D eigenvalue weighted by Crippen LogP contribution is -2.30. The summed E-state index contributed by atoms with van der Waals surface area (Å²) in [6.45, 7) is 3.30. The summed E-state index contributed by atoms with van der Waals surface area (Å²) in [7, 11) is -4.06. The number of aryl methyl sites for hydroxylation is 2. The monoisotopic (exact) mass is 588 g/mol. The standard InChI is InChI=1S/C32H29ClN2O5S/c1-21-8-13-27(14-9-21)41(38,39)40-20-30(36)31(23-6-4-3-5-7-23)35-17-16-24-18-26(12-15-29(24)35)34-32(37)25-11-10-22(2)28(33)19-25/h3-19,30-31,36H,20H2,1-2H3,(H,34,37). The lowest BCUT2D eigenvalue weighted by molar-refractivity contribution is 0.0785. The maximum absolute atomic E-state index is 12.8. The molecule has 0 saturated carbocycles. The van der Waals surface area contributed by atoms with Gasteiger partial charge in [-0.25, -0.2) is 0 Å². The van der Waals surface area contributed by atoms with Gasteiger partial charge in [0.15, 0.2) is 0 Å². The third kappa shape index (κ3) is 6.36. The van der Waals surface area contributed by atoms with Gasteiger partial charge in [0, 0.05) is 33.4 Å². The van der Waals surface area contributed by atoms with E-state index in [1.165, 1.54) is 12.1 Å². The molecule has 1 aromatic heterocycles. The normalized spacial score (nSPS) is 13.2. The third-order valence-corrected chi connectivity index (χ3v) is 8.62. The van der Waals surface area contributed by atoms with Crippen molar-refractivity contribution >= 4 is 44.2 Å². The molecule has 0 saturated heterocycles. The highest BCUT2D eigenvalue weighted by molar-refractivity contribution is 7.86. The first kappa shape index (κ1) is 28.6. The van der Waals surface area contributed by atoms with Crippen molar-refractivity contribution in [2.45, 2.75) is 30.9 Å². The molecule has 210 valence electrons. The van der Waals surface area contributed by atoms with E-state index in [4.69, 9.17) is 15.8 Å². The van der Waals surface area contributed by atoms with E-state index in [0.717, 1.165) is 27.6 Å². The second-order valence-electron chi connectivity index (χ2n) is 9.89. The molecule has 0 aliphatic carbocycles. The predicted octanol–water partition coefficient (Wildman–Crippen LogP) is 6.52. The fraction of sp³-hybridized carbons (Fsp3) is 0.156. The van der Waals surface area contributed by atoms with E-state index in [1.807, 2.05) is 73.1 Å². The molecule has 5 rings (SSSR count). The minimum Gasteiger partial charge on any atom is -0.388 e. The van der Waals surface area contributed by atoms with E-state index >= 15 is 0 Å². The summed E-state index contributed by atoms with van der Waals surface area (Å²) in [5.41, 5.74) is 4.43. The quantitative estimate of drug-likeness (QED) is 0.191. The molecule has 0 fully saturated rings. The number of rotatable bonds is 9. The van der Waals surface area contributed by atoms with Crippen molar-refractivity contribution in [1.82, 2.24) is 4.57 Å². The van der Waals surface area contributed by atoms with Crippen LogP contribution in [0.5, 0.6) is 0 Å². The average Bonchev–Trinajstić information content (AvgIpc) is 3.37. The van der Waals surface area contributed by atoms with Crippen molar-refractivity contribution in [3.8, 4) is 0 Å². The van der Waals surface area contributed by atoms with Gasteiger partial charge in [0.05, 0.1) is 17.5 Å². The van der Waals surface area contributed by atoms with Crippen LogP contribution in [-0.4, -0.2) is 36.7 Å². The van der Waals surface area contributed by atoms with E-state index in [-0.39, 0.29) is 10.8 Å². The Balaban J connectivity index is 1.40. The van der Waals surface area contributed by atoms with Crippen LogP contribution >= 0.6 is 11.6 Å². The largest absolute Gasteiger partial charge is 0.388 e. The van der Waals surface area contributed by atoms with Crippen LogP contribution in [0.3, 0.4) is 0 Å². The van der Waals surface area contributed by atoms with E-state index in [1.54, 1.807) is 36.4 Å². The molecule has 0 radical (unpaired) electrons. The highest BCUT2D eigenvalue weighted by Gasteiger charge is 2.27. The van der Waals surface area contributed by atoms with Crippen LogP contribution in [-0.2, 0) is 14.3 Å². The zero-order valence-corrected chi connectivity index (χ0v) is 24.1. The molecule has 4 aromatic carbocycles. The minimum absolute atomic E-state index is 0.0282. The first-order valence-electron chi connectivity index (χ1n) is 13.0.